The average molecular weight is 768 g/mol. The molecule has 0 spiro atoms. The van der Waals surface area contributed by atoms with Gasteiger partial charge in [-0.1, -0.05) is 141 Å². The van der Waals surface area contributed by atoms with Crippen molar-refractivity contribution in [3.05, 3.63) is 24.3 Å². The van der Waals surface area contributed by atoms with Gasteiger partial charge in [0.2, 0.25) is 16.2 Å². The molecular formula is C43H81N3O6S. The molecular weight excluding hydrogens is 687 g/mol. The Kier molecular flexibility index (Phi) is 35.5. The number of hydrogen-bond acceptors (Lipinski definition) is 7. The van der Waals surface area contributed by atoms with E-state index in [-0.39, 0.29) is 18.3 Å². The van der Waals surface area contributed by atoms with E-state index in [1.165, 1.54) is 148 Å². The number of hydrazone groups is 1. The van der Waals surface area contributed by atoms with E-state index in [9.17, 15) is 22.6 Å². The van der Waals surface area contributed by atoms with Gasteiger partial charge in [0.25, 0.3) is 5.91 Å². The van der Waals surface area contributed by atoms with Crippen molar-refractivity contribution in [3.63, 3.8) is 0 Å². The molecule has 53 heavy (non-hydrogen) atoms. The molecule has 1 N–H and O–H groups in total. The van der Waals surface area contributed by atoms with Crippen molar-refractivity contribution in [3.8, 4) is 0 Å². The van der Waals surface area contributed by atoms with E-state index < -0.39 is 10.4 Å². The maximum Gasteiger partial charge on any atom is 0.339 e. The number of nitrogens with zero attached hydrogens (tertiary/aromatic N) is 2. The molecule has 0 unspecified atom stereocenters. The Morgan fingerprint density at radius 3 is 1.42 bits per heavy atom. The fraction of sp³-hybridized carbons (Fsp3) is 0.837. The summed E-state index contributed by atoms with van der Waals surface area (Å²) in [6.07, 6.45) is 43.3. The molecule has 0 fully saturated rings. The molecule has 1 amide bonds. The van der Waals surface area contributed by atoms with Gasteiger partial charge in [0.05, 0.1) is 13.2 Å². The van der Waals surface area contributed by atoms with Crippen molar-refractivity contribution in [1.82, 2.24) is 10.3 Å². The minimum absolute atomic E-state index is 0.0434. The summed E-state index contributed by atoms with van der Waals surface area (Å²) in [7, 11) is -4.42. The summed E-state index contributed by atoms with van der Waals surface area (Å²) in [6, 6.07) is 0. The van der Waals surface area contributed by atoms with Crippen molar-refractivity contribution in [2.24, 2.45) is 0 Å². The quantitative estimate of drug-likeness (QED) is 0.0224. The third kappa shape index (κ3) is 33.1. The molecule has 310 valence electrons. The van der Waals surface area contributed by atoms with E-state index in [1.54, 1.807) is 0 Å². The minimum atomic E-state index is -4.42. The van der Waals surface area contributed by atoms with Crippen LogP contribution < -0.4 is 5.43 Å². The van der Waals surface area contributed by atoms with E-state index in [0.29, 0.717) is 25.2 Å². The van der Waals surface area contributed by atoms with Crippen LogP contribution in [0, 0.1) is 0 Å². The molecule has 0 bridgehead atoms. The van der Waals surface area contributed by atoms with Crippen LogP contribution in [0.5, 0.6) is 0 Å². The highest BCUT2D eigenvalue weighted by atomic mass is 32.3. The summed E-state index contributed by atoms with van der Waals surface area (Å²) in [5.41, 5.74) is 3.06. The first-order valence-electron chi connectivity index (χ1n) is 21.8. The molecule has 0 aliphatic carbocycles. The zero-order chi connectivity index (χ0) is 39.3. The van der Waals surface area contributed by atoms with E-state index >= 15 is 0 Å². The summed E-state index contributed by atoms with van der Waals surface area (Å²) in [6.45, 7) is 10.3. The van der Waals surface area contributed by atoms with Gasteiger partial charge in [0.15, 0.2) is 0 Å². The Balaban J connectivity index is 0.00000348. The molecule has 0 saturated heterocycles. The molecule has 1 heterocycles. The number of carbonyl (C=O) groups is 2. The topological polar surface area (TPSA) is 119 Å². The van der Waals surface area contributed by atoms with Crippen LogP contribution in [-0.4, -0.2) is 66.3 Å². The number of unbranched alkanes of at least 4 members (excludes halogenated alkanes) is 22. The number of nitrogens with one attached hydrogen (secondary N) is 1. The predicted octanol–water partition coefficient (Wildman–Crippen LogP) is 10.9. The summed E-state index contributed by atoms with van der Waals surface area (Å²) < 4.78 is 33.8. The fourth-order valence-corrected chi connectivity index (χ4v) is 6.81. The summed E-state index contributed by atoms with van der Waals surface area (Å²) in [5.74, 6) is 0.927. The third-order valence-electron chi connectivity index (χ3n) is 9.63. The molecule has 0 aromatic carbocycles. The van der Waals surface area contributed by atoms with E-state index in [0.717, 1.165) is 38.8 Å². The number of carbonyl (C=O) groups excluding carboxylic acids is 2. The fourth-order valence-electron chi connectivity index (χ4n) is 6.52. The molecule has 10 heteroatoms. The number of rotatable bonds is 35. The standard InChI is InChI=1S/C41H75N3O2.C2H6O4S/c1-4-7-9-11-13-15-17-19-21-23-25-27-29-31-33-35-39(45)41-43(6-3)37-38-44(41)42-40(46)36-34-32-30-28-26-24-22-20-18-16-14-12-10-8-5-2;1-2-6-7(3,4)5/h19-22H,4-18,23-38H2,1-3H3;2H2,1H3,(H,3,4,5)/b21-19-,22-20-;. The number of amidine groups is 1. The highest BCUT2D eigenvalue weighted by molar-refractivity contribution is 7.80. The first-order valence-corrected chi connectivity index (χ1v) is 23.2. The first-order chi connectivity index (χ1) is 25.7. The number of likely N-dealkylation sites (N-methyl/N-ethyl adjacent to an activating group) is 1. The van der Waals surface area contributed by atoms with Gasteiger partial charge in [0.1, 0.15) is 13.1 Å². The van der Waals surface area contributed by atoms with E-state index in [2.05, 4.69) is 59.6 Å². The molecule has 0 atom stereocenters. The molecule has 9 nitrogen and oxygen atoms in total. The molecule has 1 rings (SSSR count). The zero-order valence-corrected chi connectivity index (χ0v) is 35.5. The van der Waals surface area contributed by atoms with Crippen molar-refractivity contribution in [2.75, 3.05) is 26.2 Å². The number of allylic oxidation sites excluding steroid dienone is 4. The smallest absolute Gasteiger partial charge is 0.339 e. The van der Waals surface area contributed by atoms with Gasteiger partial charge in [-0.3, -0.25) is 18.7 Å². The van der Waals surface area contributed by atoms with Crippen molar-refractivity contribution >= 4 is 27.9 Å². The van der Waals surface area contributed by atoms with Gasteiger partial charge in [-0.25, -0.2) is 8.42 Å². The van der Waals surface area contributed by atoms with Gasteiger partial charge in [-0.15, -0.1) is 4.68 Å². The van der Waals surface area contributed by atoms with Gasteiger partial charge in [-0.05, 0) is 78.1 Å². The number of hydrogen-bond donors (Lipinski definition) is 1. The largest absolute Gasteiger partial charge is 0.726 e. The van der Waals surface area contributed by atoms with Crippen molar-refractivity contribution in [1.29, 1.82) is 0 Å². The Bertz CT molecular complexity index is 1090. The normalized spacial score (nSPS) is 13.3. The predicted molar refractivity (Wildman–Crippen MR) is 221 cm³/mol. The Hall–Kier alpha value is -2.04. The first kappa shape index (κ1) is 51.0. The number of Topliss-reactive ketones (excluding diaryl/α,β-unsaturated/α-hetero) is 1. The van der Waals surface area contributed by atoms with Crippen LogP contribution in [0.25, 0.3) is 0 Å². The Morgan fingerprint density at radius 2 is 1.04 bits per heavy atom. The third-order valence-corrected chi connectivity index (χ3v) is 10.2. The second-order valence-corrected chi connectivity index (χ2v) is 15.5. The lowest BCUT2D eigenvalue weighted by molar-refractivity contribution is -0.564. The monoisotopic (exact) mass is 768 g/mol. The minimum Gasteiger partial charge on any atom is -0.726 e. The van der Waals surface area contributed by atoms with Gasteiger partial charge >= 0.3 is 5.84 Å². The molecule has 0 radical (unpaired) electrons. The van der Waals surface area contributed by atoms with Gasteiger partial charge < -0.3 is 4.55 Å². The lowest BCUT2D eigenvalue weighted by Gasteiger charge is -2.10. The van der Waals surface area contributed by atoms with Crippen LogP contribution in [0.2, 0.25) is 0 Å². The van der Waals surface area contributed by atoms with Crippen LogP contribution in [0.3, 0.4) is 0 Å². The van der Waals surface area contributed by atoms with E-state index in [4.69, 9.17) is 0 Å². The number of ketones is 1. The highest BCUT2D eigenvalue weighted by Gasteiger charge is 2.35. The molecule has 0 aromatic rings. The molecule has 1 aliphatic heterocycles. The zero-order valence-electron chi connectivity index (χ0n) is 34.7. The number of hydrazine groups is 1. The van der Waals surface area contributed by atoms with Crippen molar-refractivity contribution < 1.29 is 31.4 Å². The van der Waals surface area contributed by atoms with Crippen LogP contribution >= 0.6 is 0 Å². The highest BCUT2D eigenvalue weighted by Crippen LogP contribution is 2.13. The summed E-state index contributed by atoms with van der Waals surface area (Å²) in [5, 5.41) is 0. The molecule has 0 aromatic heterocycles. The summed E-state index contributed by atoms with van der Waals surface area (Å²) in [4.78, 5) is 28.0. The Morgan fingerprint density at radius 1 is 0.642 bits per heavy atom. The SMILES string of the molecule is CCCCCCCC/C=C\CCCCCCCC(=O)N[N+]1=C(C(=O)CCCCCCC/C=C\CCCCCCCC)N(CC)CC1.CCOS(=O)(=O)[O-]. The number of amides is 1. The maximum absolute atomic E-state index is 13.2. The molecule has 1 aliphatic rings. The van der Waals surface area contributed by atoms with E-state index in [1.807, 2.05) is 4.68 Å². The van der Waals surface area contributed by atoms with Crippen LogP contribution in [0.4, 0.5) is 0 Å². The second-order valence-electron chi connectivity index (χ2n) is 14.5. The van der Waals surface area contributed by atoms with Crippen LogP contribution in [0.15, 0.2) is 24.3 Å². The summed E-state index contributed by atoms with van der Waals surface area (Å²) >= 11 is 0. The van der Waals surface area contributed by atoms with Crippen molar-refractivity contribution in [2.45, 2.75) is 207 Å². The van der Waals surface area contributed by atoms with Gasteiger partial charge in [0, 0.05) is 12.8 Å². The molecule has 0 saturated carbocycles. The maximum atomic E-state index is 13.2. The second kappa shape index (κ2) is 36.9. The average Bonchev–Trinajstić information content (AvgIpc) is 3.53. The Labute approximate surface area is 326 Å². The van der Waals surface area contributed by atoms with Crippen LogP contribution in [-0.2, 0) is 24.2 Å². The van der Waals surface area contributed by atoms with Crippen LogP contribution in [0.1, 0.15) is 207 Å². The lowest BCUT2D eigenvalue weighted by atomic mass is 10.1. The lowest BCUT2D eigenvalue weighted by Crippen LogP contribution is -2.42. The van der Waals surface area contributed by atoms with Gasteiger partial charge in [-0.2, -0.15) is 5.43 Å².